The van der Waals surface area contributed by atoms with E-state index in [9.17, 15) is 14.4 Å². The molecule has 0 aliphatic carbocycles. The van der Waals surface area contributed by atoms with Crippen LogP contribution in [0.2, 0.25) is 0 Å². The highest BCUT2D eigenvalue weighted by atomic mass is 16.4. The number of carboxylic acid groups (broad SMARTS) is 2. The van der Waals surface area contributed by atoms with Gasteiger partial charge in [-0.25, -0.2) is 4.79 Å². The fraction of sp³-hybridized carbons (Fsp3) is 0.312. The van der Waals surface area contributed by atoms with E-state index in [1.165, 1.54) is 0 Å². The van der Waals surface area contributed by atoms with Crippen molar-refractivity contribution >= 4 is 28.7 Å². The summed E-state index contributed by atoms with van der Waals surface area (Å²) in [5, 5.41) is 20.4. The first-order valence-electron chi connectivity index (χ1n) is 7.44. The lowest BCUT2D eigenvalue weighted by Crippen LogP contribution is -2.32. The number of aromatic amines is 1. The number of para-hydroxylation sites is 1. The maximum Gasteiger partial charge on any atom is 0.326 e. The third-order valence-corrected chi connectivity index (χ3v) is 3.73. The average molecular weight is 333 g/mol. The lowest BCUT2D eigenvalue weighted by molar-refractivity contribution is -0.140. The molecule has 6 N–H and O–H groups in total. The summed E-state index contributed by atoms with van der Waals surface area (Å²) in [4.78, 5) is 34.2. The van der Waals surface area contributed by atoms with E-state index in [0.29, 0.717) is 19.3 Å². The van der Waals surface area contributed by atoms with Gasteiger partial charge in [0.15, 0.2) is 0 Å². The number of carbonyl (C=O) groups excluding carboxylic acids is 1. The summed E-state index contributed by atoms with van der Waals surface area (Å²) in [6.07, 6.45) is 2.93. The molecule has 0 unspecified atom stereocenters. The molecule has 24 heavy (non-hydrogen) atoms. The van der Waals surface area contributed by atoms with E-state index >= 15 is 0 Å². The Morgan fingerprint density at radius 3 is 2.54 bits per heavy atom. The predicted octanol–water partition coefficient (Wildman–Crippen LogP) is 0.472. The Kier molecular flexibility index (Phi) is 5.54. The Morgan fingerprint density at radius 1 is 1.29 bits per heavy atom. The fourth-order valence-corrected chi connectivity index (χ4v) is 2.42. The van der Waals surface area contributed by atoms with Crippen LogP contribution in [-0.2, 0) is 20.8 Å². The molecule has 0 saturated carbocycles. The van der Waals surface area contributed by atoms with E-state index in [1.807, 2.05) is 30.5 Å². The normalized spacial score (nSPS) is 17.7. The number of carbonyl (C=O) groups is 3. The van der Waals surface area contributed by atoms with E-state index < -0.39 is 24.0 Å². The number of nitrogens with two attached hydrogens (primary N) is 1. The monoisotopic (exact) mass is 333 g/mol. The zero-order chi connectivity index (χ0) is 17.7. The number of nitrogens with one attached hydrogen (secondary N) is 2. The highest BCUT2D eigenvalue weighted by Gasteiger charge is 2.26. The van der Waals surface area contributed by atoms with Crippen molar-refractivity contribution in [2.24, 2.45) is 5.73 Å². The number of carboxylic acids is 2. The van der Waals surface area contributed by atoms with Gasteiger partial charge in [0.1, 0.15) is 12.1 Å². The summed E-state index contributed by atoms with van der Waals surface area (Å²) < 4.78 is 0. The summed E-state index contributed by atoms with van der Waals surface area (Å²) in [6.45, 7) is 0. The number of amides is 1. The number of aliphatic carboxylic acids is 2. The highest BCUT2D eigenvalue weighted by molar-refractivity contribution is 5.87. The Morgan fingerprint density at radius 2 is 2.00 bits per heavy atom. The zero-order valence-corrected chi connectivity index (χ0v) is 12.9. The fourth-order valence-electron chi connectivity index (χ4n) is 2.42. The molecule has 1 aliphatic rings. The van der Waals surface area contributed by atoms with Gasteiger partial charge in [-0.15, -0.1) is 0 Å². The van der Waals surface area contributed by atoms with Crippen molar-refractivity contribution < 1.29 is 24.6 Å². The zero-order valence-electron chi connectivity index (χ0n) is 12.9. The third kappa shape index (κ3) is 4.32. The highest BCUT2D eigenvalue weighted by Crippen LogP contribution is 2.18. The van der Waals surface area contributed by atoms with Crippen molar-refractivity contribution in [3.8, 4) is 0 Å². The lowest BCUT2D eigenvalue weighted by Gasteiger charge is -2.04. The van der Waals surface area contributed by atoms with E-state index in [2.05, 4.69) is 10.3 Å². The molecule has 1 aromatic carbocycles. The maximum atomic E-state index is 10.6. The van der Waals surface area contributed by atoms with Crippen LogP contribution in [-0.4, -0.2) is 45.1 Å². The molecule has 0 radical (unpaired) electrons. The number of fused-ring (bicyclic) bond motifs is 1. The van der Waals surface area contributed by atoms with Crippen LogP contribution < -0.4 is 11.1 Å². The van der Waals surface area contributed by atoms with Crippen molar-refractivity contribution in [3.05, 3.63) is 36.0 Å². The molecule has 1 aliphatic heterocycles. The second-order valence-electron chi connectivity index (χ2n) is 5.51. The van der Waals surface area contributed by atoms with Crippen molar-refractivity contribution in [3.63, 3.8) is 0 Å². The quantitative estimate of drug-likeness (QED) is 0.550. The molecule has 0 bridgehead atoms. The third-order valence-electron chi connectivity index (χ3n) is 3.73. The number of hydrogen-bond donors (Lipinski definition) is 5. The van der Waals surface area contributed by atoms with Crippen molar-refractivity contribution in [2.75, 3.05) is 0 Å². The molecule has 2 heterocycles. The van der Waals surface area contributed by atoms with Gasteiger partial charge in [0.25, 0.3) is 0 Å². The summed E-state index contributed by atoms with van der Waals surface area (Å²) in [5.41, 5.74) is 7.43. The molecule has 3 rings (SSSR count). The molecule has 1 saturated heterocycles. The number of benzene rings is 1. The summed E-state index contributed by atoms with van der Waals surface area (Å²) in [6, 6.07) is 6.27. The van der Waals surface area contributed by atoms with Gasteiger partial charge in [0, 0.05) is 29.9 Å². The van der Waals surface area contributed by atoms with Crippen LogP contribution in [0.15, 0.2) is 30.5 Å². The molecule has 2 aromatic rings. The molecule has 2 atom stereocenters. The minimum atomic E-state index is -0.972. The summed E-state index contributed by atoms with van der Waals surface area (Å²) >= 11 is 0. The first-order chi connectivity index (χ1) is 11.4. The predicted molar refractivity (Wildman–Crippen MR) is 86.4 cm³/mol. The van der Waals surface area contributed by atoms with Crippen LogP contribution in [0, 0.1) is 0 Å². The molecule has 1 aromatic heterocycles. The second-order valence-corrected chi connectivity index (χ2v) is 5.51. The van der Waals surface area contributed by atoms with Gasteiger partial charge < -0.3 is 26.2 Å². The number of hydrogen-bond acceptors (Lipinski definition) is 4. The number of aromatic nitrogens is 1. The van der Waals surface area contributed by atoms with E-state index in [4.69, 9.17) is 15.9 Å². The van der Waals surface area contributed by atoms with Crippen molar-refractivity contribution in [2.45, 2.75) is 31.3 Å². The standard InChI is InChI=1S/C11H12N2O2.C5H7NO3/c12-9(11(14)15)5-7-6-13-10-4-2-1-3-8(7)10;7-4-2-1-3(6-4)5(8)9/h1-4,6,9,13H,5,12H2,(H,14,15);3H,1-2H2,(H,6,7)(H,8,9)/t9-;3-/m00/s1. The van der Waals surface area contributed by atoms with E-state index in [1.54, 1.807) is 0 Å². The number of rotatable bonds is 4. The van der Waals surface area contributed by atoms with Crippen LogP contribution in [0.3, 0.4) is 0 Å². The van der Waals surface area contributed by atoms with E-state index in [0.717, 1.165) is 16.5 Å². The summed E-state index contributed by atoms with van der Waals surface area (Å²) in [5.74, 6) is -2.08. The van der Waals surface area contributed by atoms with Gasteiger partial charge in [0.2, 0.25) is 5.91 Å². The first kappa shape index (κ1) is 17.5. The van der Waals surface area contributed by atoms with Gasteiger partial charge in [-0.3, -0.25) is 9.59 Å². The van der Waals surface area contributed by atoms with Gasteiger partial charge in [-0.05, 0) is 18.1 Å². The van der Waals surface area contributed by atoms with Crippen molar-refractivity contribution in [1.82, 2.24) is 10.3 Å². The Bertz CT molecular complexity index is 755. The first-order valence-corrected chi connectivity index (χ1v) is 7.44. The Hall–Kier alpha value is -2.87. The van der Waals surface area contributed by atoms with E-state index in [-0.39, 0.29) is 5.91 Å². The van der Waals surface area contributed by atoms with Gasteiger partial charge >= 0.3 is 11.9 Å². The van der Waals surface area contributed by atoms with Crippen LogP contribution in [0.1, 0.15) is 18.4 Å². The Labute approximate surface area is 137 Å². The topological polar surface area (TPSA) is 146 Å². The average Bonchev–Trinajstić information content (AvgIpc) is 3.15. The van der Waals surface area contributed by atoms with Crippen molar-refractivity contribution in [1.29, 1.82) is 0 Å². The molecule has 8 heteroatoms. The molecule has 128 valence electrons. The SMILES string of the molecule is N[C@@H](Cc1c[nH]c2ccccc12)C(=O)O.O=C1CC[C@@H](C(=O)O)N1. The summed E-state index contributed by atoms with van der Waals surface area (Å²) in [7, 11) is 0. The molecular formula is C16H19N3O5. The molecule has 1 fully saturated rings. The second kappa shape index (κ2) is 7.60. The minimum Gasteiger partial charge on any atom is -0.480 e. The van der Waals surface area contributed by atoms with Gasteiger partial charge in [0.05, 0.1) is 0 Å². The smallest absolute Gasteiger partial charge is 0.326 e. The largest absolute Gasteiger partial charge is 0.480 e. The molecule has 8 nitrogen and oxygen atoms in total. The van der Waals surface area contributed by atoms with Crippen LogP contribution >= 0.6 is 0 Å². The molecular weight excluding hydrogens is 314 g/mol. The van der Waals surface area contributed by atoms with Gasteiger partial charge in [-0.2, -0.15) is 0 Å². The van der Waals surface area contributed by atoms with Crippen LogP contribution in [0.25, 0.3) is 10.9 Å². The lowest BCUT2D eigenvalue weighted by atomic mass is 10.1. The maximum absolute atomic E-state index is 10.6. The molecule has 1 amide bonds. The minimum absolute atomic E-state index is 0.164. The van der Waals surface area contributed by atoms with Crippen LogP contribution in [0.4, 0.5) is 0 Å². The number of H-pyrrole nitrogens is 1. The van der Waals surface area contributed by atoms with Crippen LogP contribution in [0.5, 0.6) is 0 Å². The van der Waals surface area contributed by atoms with Gasteiger partial charge in [-0.1, -0.05) is 18.2 Å². The molecule has 0 spiro atoms. The Balaban J connectivity index is 0.000000198.